The Kier molecular flexibility index (Phi) is 7.81. The quantitative estimate of drug-likeness (QED) is 0.449. The van der Waals surface area contributed by atoms with E-state index in [-0.39, 0.29) is 48.7 Å². The van der Waals surface area contributed by atoms with Crippen LogP contribution in [0.1, 0.15) is 20.8 Å². The first-order chi connectivity index (χ1) is 17.0. The van der Waals surface area contributed by atoms with Crippen LogP contribution < -0.4 is 10.2 Å². The van der Waals surface area contributed by atoms with E-state index in [9.17, 15) is 26.4 Å². The Bertz CT molecular complexity index is 1360. The average molecular weight is 579 g/mol. The Morgan fingerprint density at radius 1 is 1.03 bits per heavy atom. The van der Waals surface area contributed by atoms with Crippen LogP contribution in [0.5, 0.6) is 0 Å². The van der Waals surface area contributed by atoms with Crippen molar-refractivity contribution in [3.05, 3.63) is 74.7 Å². The van der Waals surface area contributed by atoms with Crippen molar-refractivity contribution >= 4 is 56.3 Å². The minimum absolute atomic E-state index is 0.0189. The monoisotopic (exact) mass is 578 g/mol. The Morgan fingerprint density at radius 2 is 1.69 bits per heavy atom. The van der Waals surface area contributed by atoms with Gasteiger partial charge in [-0.25, -0.2) is 13.4 Å². The highest BCUT2D eigenvalue weighted by atomic mass is 35.5. The topological polar surface area (TPSA) is 82.6 Å². The number of carbonyl (C=O) groups is 1. The molecule has 0 aliphatic carbocycles. The highest BCUT2D eigenvalue weighted by Crippen LogP contribution is 2.40. The van der Waals surface area contributed by atoms with E-state index in [1.165, 1.54) is 21.5 Å². The Hall–Kier alpha value is -2.38. The lowest BCUT2D eigenvalue weighted by atomic mass is 10.2. The van der Waals surface area contributed by atoms with Gasteiger partial charge in [-0.05, 0) is 42.5 Å². The normalized spacial score (nSPS) is 15.2. The minimum atomic E-state index is -4.69. The summed E-state index contributed by atoms with van der Waals surface area (Å²) in [5, 5.41) is 2.77. The number of hydrogen-bond acceptors (Lipinski definition) is 6. The van der Waals surface area contributed by atoms with Gasteiger partial charge in [0.05, 0.1) is 11.6 Å². The number of benzene rings is 1. The van der Waals surface area contributed by atoms with Gasteiger partial charge in [0.1, 0.15) is 15.6 Å². The summed E-state index contributed by atoms with van der Waals surface area (Å²) in [6.45, 7) is 0.134. The third kappa shape index (κ3) is 5.78. The predicted molar refractivity (Wildman–Crippen MR) is 132 cm³/mol. The highest BCUT2D eigenvalue weighted by molar-refractivity contribution is 7.91. The smallest absolute Gasteiger partial charge is 0.353 e. The molecule has 4 rings (SSSR count). The summed E-state index contributed by atoms with van der Waals surface area (Å²) in [6, 6.07) is 10.5. The molecule has 1 aliphatic heterocycles. The molecule has 1 fully saturated rings. The number of anilines is 1. The summed E-state index contributed by atoms with van der Waals surface area (Å²) < 4.78 is 68.0. The first-order valence-electron chi connectivity index (χ1n) is 10.6. The largest absolute Gasteiger partial charge is 0.421 e. The van der Waals surface area contributed by atoms with Gasteiger partial charge < -0.3 is 10.2 Å². The fraction of sp³-hybridized carbons (Fsp3) is 0.273. The number of halogens is 5. The zero-order valence-corrected chi connectivity index (χ0v) is 21.6. The summed E-state index contributed by atoms with van der Waals surface area (Å²) in [5.41, 5.74) is -0.615. The van der Waals surface area contributed by atoms with Gasteiger partial charge in [0, 0.05) is 47.8 Å². The average Bonchev–Trinajstić information content (AvgIpc) is 3.32. The summed E-state index contributed by atoms with van der Waals surface area (Å²) in [6.07, 6.45) is -3.50. The fourth-order valence-corrected chi connectivity index (χ4v) is 6.91. The van der Waals surface area contributed by atoms with Crippen LogP contribution >= 0.6 is 34.5 Å². The molecule has 3 aromatic rings. The van der Waals surface area contributed by atoms with Crippen LogP contribution in [0.15, 0.2) is 52.9 Å². The second-order valence-corrected chi connectivity index (χ2v) is 12.0. The molecular formula is C22H19Cl2F3N4O3S2. The van der Waals surface area contributed by atoms with Crippen LogP contribution in [0.4, 0.5) is 19.0 Å². The van der Waals surface area contributed by atoms with E-state index < -0.39 is 26.8 Å². The van der Waals surface area contributed by atoms with Crippen LogP contribution in [0.25, 0.3) is 0 Å². The molecule has 2 aromatic heterocycles. The number of amides is 1. The van der Waals surface area contributed by atoms with Gasteiger partial charge in [-0.15, -0.1) is 11.3 Å². The van der Waals surface area contributed by atoms with Gasteiger partial charge in [-0.3, -0.25) is 4.79 Å². The lowest BCUT2D eigenvalue weighted by Gasteiger charge is -2.35. The van der Waals surface area contributed by atoms with Gasteiger partial charge in [-0.2, -0.15) is 17.5 Å². The van der Waals surface area contributed by atoms with Crippen LogP contribution in [-0.4, -0.2) is 49.8 Å². The standard InChI is InChI=1S/C22H19Cl2F3N4O3S2/c23-15-3-1-14(2-4-15)21(32)29-13-16-5-6-18(35-16)36(33,34)31-11-9-30(10-12-31)20-19(22(25,26)27)17(24)7-8-28-20/h1-8H,9-13H2,(H,29,32). The first-order valence-corrected chi connectivity index (χ1v) is 13.6. The summed E-state index contributed by atoms with van der Waals surface area (Å²) >= 11 is 12.6. The molecule has 7 nitrogen and oxygen atoms in total. The third-order valence-electron chi connectivity index (χ3n) is 5.46. The van der Waals surface area contributed by atoms with Crippen LogP contribution in [0.3, 0.4) is 0 Å². The number of alkyl halides is 3. The molecule has 36 heavy (non-hydrogen) atoms. The molecule has 1 saturated heterocycles. The van der Waals surface area contributed by atoms with E-state index in [1.54, 1.807) is 30.3 Å². The lowest BCUT2D eigenvalue weighted by molar-refractivity contribution is -0.137. The molecule has 1 amide bonds. The Labute approximate surface area is 219 Å². The molecular weight excluding hydrogens is 560 g/mol. The van der Waals surface area contributed by atoms with E-state index in [1.807, 2.05) is 0 Å². The summed E-state index contributed by atoms with van der Waals surface area (Å²) in [7, 11) is -3.86. The van der Waals surface area contributed by atoms with E-state index >= 15 is 0 Å². The predicted octanol–water partition coefficient (Wildman–Crippen LogP) is 4.91. The Balaban J connectivity index is 1.40. The van der Waals surface area contributed by atoms with Crippen molar-refractivity contribution in [1.29, 1.82) is 0 Å². The molecule has 0 spiro atoms. The van der Waals surface area contributed by atoms with E-state index in [2.05, 4.69) is 10.3 Å². The molecule has 0 saturated carbocycles. The molecule has 0 bridgehead atoms. The van der Waals surface area contributed by atoms with Crippen molar-refractivity contribution in [2.24, 2.45) is 0 Å². The molecule has 0 radical (unpaired) electrons. The molecule has 0 unspecified atom stereocenters. The van der Waals surface area contributed by atoms with Gasteiger partial charge >= 0.3 is 6.18 Å². The number of carbonyl (C=O) groups excluding carboxylic acids is 1. The first kappa shape index (κ1) is 26.7. The second-order valence-electron chi connectivity index (χ2n) is 7.79. The third-order valence-corrected chi connectivity index (χ3v) is 9.48. The summed E-state index contributed by atoms with van der Waals surface area (Å²) in [4.78, 5) is 18.1. The van der Waals surface area contributed by atoms with E-state index in [4.69, 9.17) is 23.2 Å². The van der Waals surface area contributed by atoms with Gasteiger partial charge in [0.25, 0.3) is 15.9 Å². The van der Waals surface area contributed by atoms with Crippen molar-refractivity contribution in [3.63, 3.8) is 0 Å². The van der Waals surface area contributed by atoms with Crippen LogP contribution in [0, 0.1) is 0 Å². The number of nitrogens with one attached hydrogen (secondary N) is 1. The minimum Gasteiger partial charge on any atom is -0.353 e. The van der Waals surface area contributed by atoms with Crippen LogP contribution in [0.2, 0.25) is 10.0 Å². The molecule has 0 atom stereocenters. The fourth-order valence-electron chi connectivity index (χ4n) is 3.66. The lowest BCUT2D eigenvalue weighted by Crippen LogP contribution is -2.49. The number of sulfonamides is 1. The summed E-state index contributed by atoms with van der Waals surface area (Å²) in [5.74, 6) is -0.643. The van der Waals surface area contributed by atoms with Gasteiger partial charge in [-0.1, -0.05) is 23.2 Å². The highest BCUT2D eigenvalue weighted by Gasteiger charge is 2.39. The van der Waals surface area contributed by atoms with Crippen molar-refractivity contribution in [1.82, 2.24) is 14.6 Å². The van der Waals surface area contributed by atoms with E-state index in [0.29, 0.717) is 15.5 Å². The number of pyridine rings is 1. The SMILES string of the molecule is O=C(NCc1ccc(S(=O)(=O)N2CCN(c3nccc(Cl)c3C(F)(F)F)CC2)s1)c1ccc(Cl)cc1. The van der Waals surface area contributed by atoms with Crippen molar-refractivity contribution < 1.29 is 26.4 Å². The van der Waals surface area contributed by atoms with E-state index in [0.717, 1.165) is 17.4 Å². The Morgan fingerprint density at radius 3 is 2.33 bits per heavy atom. The van der Waals surface area contributed by atoms with Crippen molar-refractivity contribution in [2.45, 2.75) is 16.9 Å². The maximum atomic E-state index is 13.5. The maximum Gasteiger partial charge on any atom is 0.421 e. The number of hydrogen-bond donors (Lipinski definition) is 1. The number of nitrogens with zero attached hydrogens (tertiary/aromatic N) is 3. The number of piperazine rings is 1. The molecule has 192 valence electrons. The number of thiophene rings is 1. The van der Waals surface area contributed by atoms with Crippen LogP contribution in [-0.2, 0) is 22.7 Å². The van der Waals surface area contributed by atoms with Gasteiger partial charge in [0.2, 0.25) is 0 Å². The number of aromatic nitrogens is 1. The zero-order chi connectivity index (χ0) is 26.1. The zero-order valence-electron chi connectivity index (χ0n) is 18.4. The molecule has 1 aromatic carbocycles. The molecule has 1 aliphatic rings. The molecule has 3 heterocycles. The number of rotatable bonds is 6. The molecule has 14 heteroatoms. The molecule has 1 N–H and O–H groups in total. The second kappa shape index (κ2) is 10.5. The van der Waals surface area contributed by atoms with Crippen molar-refractivity contribution in [3.8, 4) is 0 Å². The van der Waals surface area contributed by atoms with Gasteiger partial charge in [0.15, 0.2) is 0 Å². The maximum absolute atomic E-state index is 13.5. The van der Waals surface area contributed by atoms with Crippen molar-refractivity contribution in [2.75, 3.05) is 31.1 Å².